The van der Waals surface area contributed by atoms with Crippen LogP contribution in [0.1, 0.15) is 6.42 Å². The first-order valence-electron chi connectivity index (χ1n) is 5.42. The number of hydrogen-bond acceptors (Lipinski definition) is 4. The van der Waals surface area contributed by atoms with Gasteiger partial charge in [-0.1, -0.05) is 0 Å². The number of anilines is 1. The van der Waals surface area contributed by atoms with Gasteiger partial charge in [-0.2, -0.15) is 0 Å². The Morgan fingerprint density at radius 1 is 1.59 bits per heavy atom. The summed E-state index contributed by atoms with van der Waals surface area (Å²) in [6, 6.07) is 3.53. The third-order valence-electron chi connectivity index (χ3n) is 2.76. The Bertz CT molecular complexity index is 419. The van der Waals surface area contributed by atoms with Gasteiger partial charge in [0.2, 0.25) is 0 Å². The van der Waals surface area contributed by atoms with Gasteiger partial charge in [-0.15, -0.1) is 0 Å². The first-order valence-corrected chi connectivity index (χ1v) is 5.42. The minimum Gasteiger partial charge on any atom is -0.381 e. The van der Waals surface area contributed by atoms with E-state index in [9.17, 15) is 14.5 Å². The molecule has 1 N–H and O–H groups in total. The van der Waals surface area contributed by atoms with Crippen molar-refractivity contribution in [2.24, 2.45) is 5.92 Å². The first-order chi connectivity index (χ1) is 8.16. The molecule has 1 aliphatic heterocycles. The highest BCUT2D eigenvalue weighted by Crippen LogP contribution is 2.25. The van der Waals surface area contributed by atoms with Crippen LogP contribution >= 0.6 is 0 Å². The van der Waals surface area contributed by atoms with E-state index in [2.05, 4.69) is 5.32 Å². The van der Waals surface area contributed by atoms with E-state index >= 15 is 0 Å². The highest BCUT2D eigenvalue weighted by molar-refractivity contribution is 5.61. The van der Waals surface area contributed by atoms with Crippen molar-refractivity contribution in [2.75, 3.05) is 25.1 Å². The van der Waals surface area contributed by atoms with Crippen LogP contribution < -0.4 is 5.32 Å². The first kappa shape index (κ1) is 11.8. The third-order valence-corrected chi connectivity index (χ3v) is 2.76. The molecule has 0 aliphatic carbocycles. The molecule has 1 aromatic rings. The normalized spacial score (nSPS) is 19.2. The summed E-state index contributed by atoms with van der Waals surface area (Å²) >= 11 is 0. The molecule has 1 aliphatic rings. The highest BCUT2D eigenvalue weighted by atomic mass is 19.1. The standard InChI is InChI=1S/C11H13FN2O3/c12-9-1-2-10(11(5-9)14(15)16)13-6-8-3-4-17-7-8/h1-2,5,8,13H,3-4,6-7H2. The van der Waals surface area contributed by atoms with Crippen molar-refractivity contribution in [3.63, 3.8) is 0 Å². The van der Waals surface area contributed by atoms with Gasteiger partial charge < -0.3 is 10.1 Å². The Kier molecular flexibility index (Phi) is 3.53. The second-order valence-corrected chi connectivity index (χ2v) is 4.03. The molecule has 1 unspecified atom stereocenters. The number of hydrogen-bond donors (Lipinski definition) is 1. The smallest absolute Gasteiger partial charge is 0.295 e. The maximum Gasteiger partial charge on any atom is 0.295 e. The van der Waals surface area contributed by atoms with Crippen LogP contribution in [-0.2, 0) is 4.74 Å². The number of nitro groups is 1. The van der Waals surface area contributed by atoms with Gasteiger partial charge in [0.1, 0.15) is 11.5 Å². The number of nitrogens with one attached hydrogen (secondary N) is 1. The Morgan fingerprint density at radius 3 is 3.06 bits per heavy atom. The largest absolute Gasteiger partial charge is 0.381 e. The number of ether oxygens (including phenoxy) is 1. The number of nitrogens with zero attached hydrogens (tertiary/aromatic N) is 1. The molecule has 5 nitrogen and oxygen atoms in total. The molecule has 0 radical (unpaired) electrons. The lowest BCUT2D eigenvalue weighted by molar-refractivity contribution is -0.384. The van der Waals surface area contributed by atoms with E-state index in [0.717, 1.165) is 19.1 Å². The predicted octanol–water partition coefficient (Wildman–Crippen LogP) is 2.18. The number of rotatable bonds is 4. The third kappa shape index (κ3) is 2.91. The second-order valence-electron chi connectivity index (χ2n) is 4.03. The van der Waals surface area contributed by atoms with Crippen LogP contribution in [0.4, 0.5) is 15.8 Å². The van der Waals surface area contributed by atoms with E-state index in [1.54, 1.807) is 0 Å². The predicted molar refractivity (Wildman–Crippen MR) is 60.5 cm³/mol. The number of nitro benzene ring substituents is 1. The van der Waals surface area contributed by atoms with E-state index in [4.69, 9.17) is 4.74 Å². The second kappa shape index (κ2) is 5.09. The van der Waals surface area contributed by atoms with Crippen molar-refractivity contribution < 1.29 is 14.1 Å². The van der Waals surface area contributed by atoms with Crippen molar-refractivity contribution in [3.8, 4) is 0 Å². The van der Waals surface area contributed by atoms with Crippen molar-refractivity contribution in [2.45, 2.75) is 6.42 Å². The van der Waals surface area contributed by atoms with Crippen LogP contribution in [0.3, 0.4) is 0 Å². The number of benzene rings is 1. The summed E-state index contributed by atoms with van der Waals surface area (Å²) in [7, 11) is 0. The average molecular weight is 240 g/mol. The van der Waals surface area contributed by atoms with Crippen LogP contribution in [0.2, 0.25) is 0 Å². The molecule has 0 aromatic heterocycles. The molecule has 6 heteroatoms. The van der Waals surface area contributed by atoms with Gasteiger partial charge in [0.05, 0.1) is 17.6 Å². The van der Waals surface area contributed by atoms with Gasteiger partial charge in [-0.25, -0.2) is 4.39 Å². The molecule has 0 spiro atoms. The zero-order valence-electron chi connectivity index (χ0n) is 9.19. The molecular weight excluding hydrogens is 227 g/mol. The molecular formula is C11H13FN2O3. The van der Waals surface area contributed by atoms with Crippen LogP contribution in [-0.4, -0.2) is 24.7 Å². The fourth-order valence-corrected chi connectivity index (χ4v) is 1.80. The molecule has 1 heterocycles. The van der Waals surface area contributed by atoms with Crippen molar-refractivity contribution >= 4 is 11.4 Å². The zero-order valence-corrected chi connectivity index (χ0v) is 9.19. The van der Waals surface area contributed by atoms with Gasteiger partial charge in [0, 0.05) is 19.1 Å². The molecule has 1 aromatic carbocycles. The van der Waals surface area contributed by atoms with Crippen LogP contribution in [0.5, 0.6) is 0 Å². The Hall–Kier alpha value is -1.69. The van der Waals surface area contributed by atoms with Crippen molar-refractivity contribution in [1.29, 1.82) is 0 Å². The minimum atomic E-state index is -0.605. The summed E-state index contributed by atoms with van der Waals surface area (Å²) in [4.78, 5) is 10.2. The minimum absolute atomic E-state index is 0.232. The Labute approximate surface area is 97.7 Å². The van der Waals surface area contributed by atoms with E-state index < -0.39 is 10.7 Å². The zero-order chi connectivity index (χ0) is 12.3. The fraction of sp³-hybridized carbons (Fsp3) is 0.455. The van der Waals surface area contributed by atoms with Crippen molar-refractivity contribution in [3.05, 3.63) is 34.1 Å². The molecule has 2 rings (SSSR count). The molecule has 1 saturated heterocycles. The average Bonchev–Trinajstić information content (AvgIpc) is 2.80. The van der Waals surface area contributed by atoms with Gasteiger partial charge in [-0.05, 0) is 18.6 Å². The lowest BCUT2D eigenvalue weighted by Gasteiger charge is -2.10. The highest BCUT2D eigenvalue weighted by Gasteiger charge is 2.18. The van der Waals surface area contributed by atoms with Crippen LogP contribution in [0.25, 0.3) is 0 Å². The van der Waals surface area contributed by atoms with E-state index in [-0.39, 0.29) is 5.69 Å². The van der Waals surface area contributed by atoms with Gasteiger partial charge in [-0.3, -0.25) is 10.1 Å². The maximum atomic E-state index is 12.9. The van der Waals surface area contributed by atoms with Crippen molar-refractivity contribution in [1.82, 2.24) is 0 Å². The van der Waals surface area contributed by atoms with E-state index in [0.29, 0.717) is 24.8 Å². The maximum absolute atomic E-state index is 12.9. The lowest BCUT2D eigenvalue weighted by atomic mass is 10.1. The molecule has 1 fully saturated rings. The summed E-state index contributed by atoms with van der Waals surface area (Å²) in [5.41, 5.74) is 0.118. The topological polar surface area (TPSA) is 64.4 Å². The lowest BCUT2D eigenvalue weighted by Crippen LogP contribution is -2.14. The monoisotopic (exact) mass is 240 g/mol. The van der Waals surface area contributed by atoms with Crippen LogP contribution in [0.15, 0.2) is 18.2 Å². The summed E-state index contributed by atoms with van der Waals surface area (Å²) in [5, 5.41) is 13.7. The number of halogens is 1. The summed E-state index contributed by atoms with van der Waals surface area (Å²) in [6.07, 6.45) is 0.946. The quantitative estimate of drug-likeness (QED) is 0.647. The summed E-state index contributed by atoms with van der Waals surface area (Å²) < 4.78 is 18.1. The molecule has 0 saturated carbocycles. The van der Waals surface area contributed by atoms with Gasteiger partial charge in [0.15, 0.2) is 0 Å². The molecule has 0 bridgehead atoms. The van der Waals surface area contributed by atoms with E-state index in [1.807, 2.05) is 0 Å². The molecule has 0 amide bonds. The SMILES string of the molecule is O=[N+]([O-])c1cc(F)ccc1NCC1CCOC1. The Balaban J connectivity index is 2.06. The Morgan fingerprint density at radius 2 is 2.41 bits per heavy atom. The van der Waals surface area contributed by atoms with Crippen LogP contribution in [0, 0.1) is 21.8 Å². The molecule has 1 atom stereocenters. The van der Waals surface area contributed by atoms with Gasteiger partial charge >= 0.3 is 0 Å². The fourth-order valence-electron chi connectivity index (χ4n) is 1.80. The molecule has 17 heavy (non-hydrogen) atoms. The molecule has 92 valence electrons. The summed E-state index contributed by atoms with van der Waals surface area (Å²) in [5.74, 6) is -0.244. The van der Waals surface area contributed by atoms with Gasteiger partial charge in [0.25, 0.3) is 5.69 Å². The van der Waals surface area contributed by atoms with E-state index in [1.165, 1.54) is 12.1 Å². The summed E-state index contributed by atoms with van der Waals surface area (Å²) in [6.45, 7) is 2.01.